The van der Waals surface area contributed by atoms with Gasteiger partial charge in [-0.3, -0.25) is 4.98 Å². The molecular weight excluding hydrogens is 321 g/mol. The lowest BCUT2D eigenvalue weighted by Crippen LogP contribution is -2.11. The number of carbonyl (C=O) groups excluding carboxylic acids is 1. The molecule has 3 aromatic rings. The van der Waals surface area contributed by atoms with Crippen molar-refractivity contribution in [3.05, 3.63) is 71.9 Å². The Bertz CT molecular complexity index is 877. The van der Waals surface area contributed by atoms with Crippen LogP contribution in [-0.2, 0) is 11.0 Å². The number of rotatable bonds is 3. The summed E-state index contributed by atoms with van der Waals surface area (Å²) in [6.45, 7) is 0. The molecule has 0 aliphatic heterocycles. The second kappa shape index (κ2) is 6.19. The summed E-state index contributed by atoms with van der Waals surface area (Å²) in [4.78, 5) is 21.0. The molecule has 24 heavy (non-hydrogen) atoms. The summed E-state index contributed by atoms with van der Waals surface area (Å²) in [6.07, 6.45) is -2.76. The molecule has 0 amide bonds. The van der Waals surface area contributed by atoms with Gasteiger partial charge < -0.3 is 4.84 Å². The van der Waals surface area contributed by atoms with Crippen molar-refractivity contribution in [1.29, 1.82) is 0 Å². The molecule has 1 aromatic heterocycles. The third-order valence-electron chi connectivity index (χ3n) is 3.31. The molecule has 122 valence electrons. The molecular formula is C17H11F3N2O2. The Morgan fingerprint density at radius 3 is 2.50 bits per heavy atom. The molecule has 0 saturated carbocycles. The van der Waals surface area contributed by atoms with Crippen molar-refractivity contribution in [3.63, 3.8) is 0 Å². The maximum atomic E-state index is 12.5. The highest BCUT2D eigenvalue weighted by atomic mass is 19.4. The number of benzene rings is 2. The van der Waals surface area contributed by atoms with E-state index in [1.165, 1.54) is 12.1 Å². The summed E-state index contributed by atoms with van der Waals surface area (Å²) in [5, 5.41) is 0.779. The molecule has 0 atom stereocenters. The van der Waals surface area contributed by atoms with Gasteiger partial charge in [-0.25, -0.2) is 10.3 Å². The van der Waals surface area contributed by atoms with Gasteiger partial charge in [0, 0.05) is 11.6 Å². The van der Waals surface area contributed by atoms with Crippen molar-refractivity contribution in [2.75, 3.05) is 5.48 Å². The lowest BCUT2D eigenvalue weighted by molar-refractivity contribution is -0.137. The van der Waals surface area contributed by atoms with Crippen LogP contribution in [0.1, 0.15) is 15.9 Å². The highest BCUT2D eigenvalue weighted by Crippen LogP contribution is 2.29. The number of pyridine rings is 1. The number of alkyl halides is 3. The van der Waals surface area contributed by atoms with Crippen LogP contribution in [0.25, 0.3) is 10.9 Å². The number of halogens is 3. The highest BCUT2D eigenvalue weighted by molar-refractivity contribution is 5.94. The second-order valence-electron chi connectivity index (χ2n) is 4.98. The first kappa shape index (κ1) is 15.8. The largest absolute Gasteiger partial charge is 0.416 e. The summed E-state index contributed by atoms with van der Waals surface area (Å²) in [5.74, 6) is -0.652. The number of hydrogen-bond acceptors (Lipinski definition) is 4. The maximum absolute atomic E-state index is 12.5. The quantitative estimate of drug-likeness (QED) is 0.721. The van der Waals surface area contributed by atoms with Crippen LogP contribution in [0.5, 0.6) is 0 Å². The van der Waals surface area contributed by atoms with E-state index in [2.05, 4.69) is 10.5 Å². The summed E-state index contributed by atoms with van der Waals surface area (Å²) in [6, 6.07) is 12.6. The number of fused-ring (bicyclic) bond motifs is 1. The Balaban J connectivity index is 1.68. The zero-order valence-electron chi connectivity index (χ0n) is 12.2. The maximum Gasteiger partial charge on any atom is 0.416 e. The molecule has 0 aliphatic rings. The zero-order valence-corrected chi connectivity index (χ0v) is 12.2. The second-order valence-corrected chi connectivity index (χ2v) is 4.98. The van der Waals surface area contributed by atoms with Gasteiger partial charge in [0.2, 0.25) is 0 Å². The van der Waals surface area contributed by atoms with Crippen molar-refractivity contribution in [3.8, 4) is 0 Å². The van der Waals surface area contributed by atoms with E-state index in [9.17, 15) is 18.0 Å². The standard InChI is InChI=1S/C17H11F3N2O2/c18-17(19,20)13-4-6-14(7-5-13)22-24-16(23)12-3-8-15-11(10-12)2-1-9-21-15/h1-10,22H. The molecule has 0 fully saturated rings. The monoisotopic (exact) mass is 332 g/mol. The van der Waals surface area contributed by atoms with Crippen molar-refractivity contribution < 1.29 is 22.8 Å². The Labute approximate surface area is 134 Å². The van der Waals surface area contributed by atoms with Gasteiger partial charge in [0.25, 0.3) is 0 Å². The summed E-state index contributed by atoms with van der Waals surface area (Å²) in [7, 11) is 0. The van der Waals surface area contributed by atoms with Crippen LogP contribution in [0.15, 0.2) is 60.8 Å². The molecule has 0 spiro atoms. The van der Waals surface area contributed by atoms with Gasteiger partial charge in [-0.15, -0.1) is 0 Å². The molecule has 0 bridgehead atoms. The van der Waals surface area contributed by atoms with Crippen LogP contribution in [0.4, 0.5) is 18.9 Å². The molecule has 1 N–H and O–H groups in total. The minimum Gasteiger partial charge on any atom is -0.338 e. The SMILES string of the molecule is O=C(ONc1ccc(C(F)(F)F)cc1)c1ccc2ncccc2c1. The third kappa shape index (κ3) is 3.45. The molecule has 7 heteroatoms. The molecule has 0 aliphatic carbocycles. The predicted molar refractivity (Wildman–Crippen MR) is 82.2 cm³/mol. The fraction of sp³-hybridized carbons (Fsp3) is 0.0588. The Hall–Kier alpha value is -3.09. The van der Waals surface area contributed by atoms with Crippen LogP contribution in [-0.4, -0.2) is 11.0 Å². The van der Waals surface area contributed by atoms with Gasteiger partial charge in [-0.2, -0.15) is 13.2 Å². The zero-order chi connectivity index (χ0) is 17.2. The average molecular weight is 332 g/mol. The van der Waals surface area contributed by atoms with Crippen LogP contribution in [0.2, 0.25) is 0 Å². The van der Waals surface area contributed by atoms with Gasteiger partial charge >= 0.3 is 12.1 Å². The van der Waals surface area contributed by atoms with Crippen LogP contribution < -0.4 is 5.48 Å². The fourth-order valence-electron chi connectivity index (χ4n) is 2.09. The number of hydrogen-bond donors (Lipinski definition) is 1. The number of carbonyl (C=O) groups is 1. The number of nitrogens with one attached hydrogen (secondary N) is 1. The topological polar surface area (TPSA) is 51.2 Å². The first-order valence-electron chi connectivity index (χ1n) is 6.93. The molecule has 4 nitrogen and oxygen atoms in total. The van der Waals surface area contributed by atoms with Crippen molar-refractivity contribution in [2.24, 2.45) is 0 Å². The van der Waals surface area contributed by atoms with E-state index < -0.39 is 17.7 Å². The Kier molecular flexibility index (Phi) is 4.07. The van der Waals surface area contributed by atoms with E-state index in [1.807, 2.05) is 6.07 Å². The minimum atomic E-state index is -4.41. The van der Waals surface area contributed by atoms with Gasteiger partial charge in [0.15, 0.2) is 0 Å². The Morgan fingerprint density at radius 2 is 1.79 bits per heavy atom. The van der Waals surface area contributed by atoms with E-state index in [0.29, 0.717) is 5.56 Å². The predicted octanol–water partition coefficient (Wildman–Crippen LogP) is 4.44. The summed E-state index contributed by atoms with van der Waals surface area (Å²) in [5.41, 5.74) is 2.84. The van der Waals surface area contributed by atoms with E-state index >= 15 is 0 Å². The first-order valence-corrected chi connectivity index (χ1v) is 6.93. The highest BCUT2D eigenvalue weighted by Gasteiger charge is 2.29. The van der Waals surface area contributed by atoms with E-state index in [0.717, 1.165) is 23.0 Å². The lowest BCUT2D eigenvalue weighted by atomic mass is 10.1. The van der Waals surface area contributed by atoms with Crippen molar-refractivity contribution in [1.82, 2.24) is 4.98 Å². The van der Waals surface area contributed by atoms with E-state index in [4.69, 9.17) is 4.84 Å². The average Bonchev–Trinajstić information content (AvgIpc) is 2.59. The van der Waals surface area contributed by atoms with E-state index in [1.54, 1.807) is 30.5 Å². The Morgan fingerprint density at radius 1 is 1.04 bits per heavy atom. The minimum absolute atomic E-state index is 0.235. The van der Waals surface area contributed by atoms with Gasteiger partial charge in [-0.05, 0) is 48.5 Å². The third-order valence-corrected chi connectivity index (χ3v) is 3.31. The molecule has 0 saturated heterocycles. The smallest absolute Gasteiger partial charge is 0.338 e. The van der Waals surface area contributed by atoms with Crippen molar-refractivity contribution in [2.45, 2.75) is 6.18 Å². The van der Waals surface area contributed by atoms with Crippen LogP contribution in [0, 0.1) is 0 Å². The fourth-order valence-corrected chi connectivity index (χ4v) is 2.09. The summed E-state index contributed by atoms with van der Waals surface area (Å²) >= 11 is 0. The van der Waals surface area contributed by atoms with Crippen LogP contribution in [0.3, 0.4) is 0 Å². The first-order chi connectivity index (χ1) is 11.4. The van der Waals surface area contributed by atoms with E-state index in [-0.39, 0.29) is 5.69 Å². The molecule has 0 radical (unpaired) electrons. The van der Waals surface area contributed by atoms with Gasteiger partial charge in [0.1, 0.15) is 0 Å². The van der Waals surface area contributed by atoms with Gasteiger partial charge in [0.05, 0.1) is 22.3 Å². The summed E-state index contributed by atoms with van der Waals surface area (Å²) < 4.78 is 37.4. The van der Waals surface area contributed by atoms with Crippen molar-refractivity contribution >= 4 is 22.6 Å². The normalized spacial score (nSPS) is 11.3. The van der Waals surface area contributed by atoms with Gasteiger partial charge in [-0.1, -0.05) is 6.07 Å². The molecule has 3 rings (SSSR count). The number of aromatic nitrogens is 1. The van der Waals surface area contributed by atoms with Crippen LogP contribution >= 0.6 is 0 Å². The lowest BCUT2D eigenvalue weighted by Gasteiger charge is -2.09. The molecule has 2 aromatic carbocycles. The number of anilines is 1. The number of nitrogens with zero attached hydrogens (tertiary/aromatic N) is 1. The molecule has 0 unspecified atom stereocenters. The molecule has 1 heterocycles.